The zero-order valence-electron chi connectivity index (χ0n) is 9.05. The molecule has 0 aliphatic rings. The fraction of sp³-hybridized carbons (Fsp3) is 0.333. The van der Waals surface area contributed by atoms with Crippen LogP contribution in [0, 0.1) is 0 Å². The van der Waals surface area contributed by atoms with Gasteiger partial charge in [-0.3, -0.25) is 0 Å². The van der Waals surface area contributed by atoms with E-state index < -0.39 is 0 Å². The number of fused-ring (bicyclic) bond motifs is 1. The molecule has 1 aromatic heterocycles. The number of benzene rings is 1. The molecule has 80 valence electrons. The molecule has 2 rings (SSSR count). The highest BCUT2D eigenvalue weighted by molar-refractivity contribution is 9.10. The molecule has 0 aliphatic heterocycles. The Morgan fingerprint density at radius 1 is 1.33 bits per heavy atom. The van der Waals surface area contributed by atoms with E-state index in [1.54, 1.807) is 0 Å². The van der Waals surface area contributed by atoms with Crippen molar-refractivity contribution < 1.29 is 0 Å². The van der Waals surface area contributed by atoms with Crippen molar-refractivity contribution >= 4 is 26.8 Å². The van der Waals surface area contributed by atoms with E-state index in [4.69, 9.17) is 0 Å². The van der Waals surface area contributed by atoms with Crippen LogP contribution in [0.5, 0.6) is 0 Å². The first-order valence-corrected chi connectivity index (χ1v) is 5.96. The van der Waals surface area contributed by atoms with Gasteiger partial charge in [-0.25, -0.2) is 0 Å². The summed E-state index contributed by atoms with van der Waals surface area (Å²) in [5.74, 6) is 0. The van der Waals surface area contributed by atoms with Crippen LogP contribution >= 0.6 is 15.9 Å². The lowest BCUT2D eigenvalue weighted by Crippen LogP contribution is -2.14. The fourth-order valence-electron chi connectivity index (χ4n) is 1.78. The third-order valence-electron chi connectivity index (χ3n) is 2.66. The summed E-state index contributed by atoms with van der Waals surface area (Å²) in [7, 11) is 2.11. The highest BCUT2D eigenvalue weighted by Gasteiger charge is 2.04. The smallest absolute Gasteiger partial charge is 0.0491 e. The van der Waals surface area contributed by atoms with E-state index in [2.05, 4.69) is 64.1 Å². The minimum Gasteiger partial charge on any atom is -0.346 e. The maximum Gasteiger partial charge on any atom is 0.0491 e. The van der Waals surface area contributed by atoms with E-state index >= 15 is 0 Å². The van der Waals surface area contributed by atoms with E-state index in [9.17, 15) is 0 Å². The van der Waals surface area contributed by atoms with Crippen molar-refractivity contribution in [2.75, 3.05) is 6.54 Å². The van der Waals surface area contributed by atoms with Crippen molar-refractivity contribution in [3.05, 3.63) is 34.4 Å². The molecular formula is C12H15BrN2. The normalized spacial score (nSPS) is 11.1. The number of aryl methyl sites for hydroxylation is 1. The molecule has 0 bridgehead atoms. The molecule has 0 saturated carbocycles. The summed E-state index contributed by atoms with van der Waals surface area (Å²) in [6.07, 6.45) is 0. The molecule has 0 amide bonds. The fourth-order valence-corrected chi connectivity index (χ4v) is 2.13. The number of nitrogens with one attached hydrogen (secondary N) is 1. The highest BCUT2D eigenvalue weighted by atomic mass is 79.9. The minimum absolute atomic E-state index is 0.930. The molecule has 15 heavy (non-hydrogen) atoms. The molecule has 0 radical (unpaired) electrons. The number of nitrogens with zero attached hydrogens (tertiary/aromatic N) is 1. The summed E-state index contributed by atoms with van der Waals surface area (Å²) in [5, 5.41) is 4.65. The first-order valence-electron chi connectivity index (χ1n) is 5.17. The predicted molar refractivity (Wildman–Crippen MR) is 68.0 cm³/mol. The van der Waals surface area contributed by atoms with Gasteiger partial charge in [0.25, 0.3) is 0 Å². The van der Waals surface area contributed by atoms with Crippen molar-refractivity contribution in [3.8, 4) is 0 Å². The van der Waals surface area contributed by atoms with Gasteiger partial charge in [0.15, 0.2) is 0 Å². The van der Waals surface area contributed by atoms with Crippen LogP contribution in [-0.4, -0.2) is 11.1 Å². The second-order valence-electron chi connectivity index (χ2n) is 3.68. The van der Waals surface area contributed by atoms with Crippen molar-refractivity contribution in [1.82, 2.24) is 9.88 Å². The molecule has 0 aliphatic carbocycles. The summed E-state index contributed by atoms with van der Waals surface area (Å²) in [5.41, 5.74) is 2.60. The van der Waals surface area contributed by atoms with Gasteiger partial charge in [-0.1, -0.05) is 28.9 Å². The van der Waals surface area contributed by atoms with Gasteiger partial charge in [-0.2, -0.15) is 0 Å². The Kier molecular flexibility index (Phi) is 3.12. The Morgan fingerprint density at radius 3 is 2.87 bits per heavy atom. The van der Waals surface area contributed by atoms with Crippen LogP contribution in [0.2, 0.25) is 0 Å². The Labute approximate surface area is 98.4 Å². The lowest BCUT2D eigenvalue weighted by atomic mass is 10.2. The van der Waals surface area contributed by atoms with Gasteiger partial charge in [0.1, 0.15) is 0 Å². The molecule has 0 spiro atoms. The van der Waals surface area contributed by atoms with Gasteiger partial charge in [0, 0.05) is 29.3 Å². The number of hydrogen-bond donors (Lipinski definition) is 1. The van der Waals surface area contributed by atoms with E-state index in [0.29, 0.717) is 0 Å². The third kappa shape index (κ3) is 2.08. The van der Waals surface area contributed by atoms with E-state index in [0.717, 1.165) is 17.6 Å². The number of aromatic nitrogens is 1. The monoisotopic (exact) mass is 266 g/mol. The van der Waals surface area contributed by atoms with E-state index in [1.807, 2.05) is 0 Å². The SMILES string of the molecule is CCNCc1cc2ccc(Br)cc2n1C. The standard InChI is InChI=1S/C12H15BrN2/c1-3-14-8-11-6-9-4-5-10(13)7-12(9)15(11)2/h4-7,14H,3,8H2,1-2H3. The first kappa shape index (κ1) is 10.7. The molecule has 0 saturated heterocycles. The molecular weight excluding hydrogens is 252 g/mol. The Morgan fingerprint density at radius 2 is 2.13 bits per heavy atom. The van der Waals surface area contributed by atoms with Gasteiger partial charge in [0.05, 0.1) is 0 Å². The zero-order valence-corrected chi connectivity index (χ0v) is 10.6. The predicted octanol–water partition coefficient (Wildman–Crippen LogP) is 3.05. The summed E-state index contributed by atoms with van der Waals surface area (Å²) >= 11 is 3.50. The van der Waals surface area contributed by atoms with Gasteiger partial charge >= 0.3 is 0 Å². The summed E-state index contributed by atoms with van der Waals surface area (Å²) in [6.45, 7) is 4.06. The Balaban J connectivity index is 2.45. The Bertz CT molecular complexity index is 474. The van der Waals surface area contributed by atoms with Gasteiger partial charge in [-0.15, -0.1) is 0 Å². The topological polar surface area (TPSA) is 17.0 Å². The van der Waals surface area contributed by atoms with Crippen LogP contribution in [0.1, 0.15) is 12.6 Å². The lowest BCUT2D eigenvalue weighted by Gasteiger charge is -2.04. The highest BCUT2D eigenvalue weighted by Crippen LogP contribution is 2.22. The second-order valence-corrected chi connectivity index (χ2v) is 4.59. The van der Waals surface area contributed by atoms with Crippen LogP contribution < -0.4 is 5.32 Å². The van der Waals surface area contributed by atoms with Crippen molar-refractivity contribution in [1.29, 1.82) is 0 Å². The van der Waals surface area contributed by atoms with Crippen LogP contribution in [0.15, 0.2) is 28.7 Å². The second kappa shape index (κ2) is 4.37. The molecule has 1 heterocycles. The third-order valence-corrected chi connectivity index (χ3v) is 3.16. The largest absolute Gasteiger partial charge is 0.346 e. The average molecular weight is 267 g/mol. The molecule has 0 unspecified atom stereocenters. The number of rotatable bonds is 3. The van der Waals surface area contributed by atoms with Crippen molar-refractivity contribution in [3.63, 3.8) is 0 Å². The van der Waals surface area contributed by atoms with E-state index in [-0.39, 0.29) is 0 Å². The lowest BCUT2D eigenvalue weighted by molar-refractivity contribution is 0.686. The van der Waals surface area contributed by atoms with Crippen LogP contribution in [0.3, 0.4) is 0 Å². The maximum absolute atomic E-state index is 3.50. The van der Waals surface area contributed by atoms with E-state index in [1.165, 1.54) is 16.6 Å². The number of halogens is 1. The quantitative estimate of drug-likeness (QED) is 0.904. The van der Waals surface area contributed by atoms with Gasteiger partial charge < -0.3 is 9.88 Å². The summed E-state index contributed by atoms with van der Waals surface area (Å²) in [4.78, 5) is 0. The summed E-state index contributed by atoms with van der Waals surface area (Å²) in [6, 6.07) is 8.63. The summed E-state index contributed by atoms with van der Waals surface area (Å²) < 4.78 is 3.37. The van der Waals surface area contributed by atoms with Gasteiger partial charge in [0.2, 0.25) is 0 Å². The molecule has 1 aromatic carbocycles. The molecule has 2 nitrogen and oxygen atoms in total. The van der Waals surface area contributed by atoms with Crippen LogP contribution in [0.25, 0.3) is 10.9 Å². The molecule has 1 N–H and O–H groups in total. The van der Waals surface area contributed by atoms with Crippen LogP contribution in [-0.2, 0) is 13.6 Å². The molecule has 0 atom stereocenters. The molecule has 2 aromatic rings. The molecule has 0 fully saturated rings. The Hall–Kier alpha value is -0.800. The van der Waals surface area contributed by atoms with Crippen LogP contribution in [0.4, 0.5) is 0 Å². The first-order chi connectivity index (χ1) is 7.22. The van der Waals surface area contributed by atoms with Gasteiger partial charge in [-0.05, 0) is 30.1 Å². The average Bonchev–Trinajstić information content (AvgIpc) is 2.53. The zero-order chi connectivity index (χ0) is 10.8. The van der Waals surface area contributed by atoms with Crippen molar-refractivity contribution in [2.45, 2.75) is 13.5 Å². The maximum atomic E-state index is 3.50. The minimum atomic E-state index is 0.930. The number of hydrogen-bond acceptors (Lipinski definition) is 1. The van der Waals surface area contributed by atoms with Crippen molar-refractivity contribution in [2.24, 2.45) is 7.05 Å². The molecule has 3 heteroatoms.